The average molecular weight is 615 g/mol. The van der Waals surface area contributed by atoms with Crippen molar-refractivity contribution in [3.8, 4) is 11.5 Å². The fourth-order valence-electron chi connectivity index (χ4n) is 5.10. The molecule has 0 bridgehead atoms. The Morgan fingerprint density at radius 3 is 2.44 bits per heavy atom. The van der Waals surface area contributed by atoms with Gasteiger partial charge < -0.3 is 14.4 Å². The van der Waals surface area contributed by atoms with Gasteiger partial charge in [0.25, 0.3) is 15.9 Å². The number of nitrogens with zero attached hydrogens (tertiary/aromatic N) is 4. The summed E-state index contributed by atoms with van der Waals surface area (Å²) in [4.78, 5) is 22.7. The summed E-state index contributed by atoms with van der Waals surface area (Å²) in [6.45, 7) is 7.62. The molecule has 0 N–H and O–H groups in total. The van der Waals surface area contributed by atoms with E-state index in [9.17, 15) is 13.2 Å². The second-order valence-corrected chi connectivity index (χ2v) is 12.5. The molecule has 1 aromatic heterocycles. The third-order valence-electron chi connectivity index (χ3n) is 7.42. The van der Waals surface area contributed by atoms with Crippen LogP contribution in [0.15, 0.2) is 65.6 Å². The molecule has 4 aromatic rings. The van der Waals surface area contributed by atoms with E-state index in [0.29, 0.717) is 53.9 Å². The van der Waals surface area contributed by atoms with Crippen molar-refractivity contribution in [3.63, 3.8) is 0 Å². The molecule has 0 unspecified atom stereocenters. The molecular weight excluding hydrogens is 584 g/mol. The van der Waals surface area contributed by atoms with E-state index in [2.05, 4.69) is 18.7 Å². The summed E-state index contributed by atoms with van der Waals surface area (Å²) in [7, 11) is -3.75. The number of halogens is 1. The SMILES string of the molecule is CCN(CC)CCN(C(=O)c1ccc(S(=O)(=O)N2CCc3ccccc32)cc1)c1nc2cc3c(cc2s1)OCO3.Cl. The highest BCUT2D eigenvalue weighted by molar-refractivity contribution is 7.92. The number of sulfonamides is 1. The number of ether oxygens (including phenoxy) is 2. The zero-order valence-corrected chi connectivity index (χ0v) is 25.2. The summed E-state index contributed by atoms with van der Waals surface area (Å²) in [5.41, 5.74) is 2.86. The number of carbonyl (C=O) groups is 1. The summed E-state index contributed by atoms with van der Waals surface area (Å²) in [5.74, 6) is 1.07. The van der Waals surface area contributed by atoms with E-state index in [1.807, 2.05) is 36.4 Å². The van der Waals surface area contributed by atoms with Crippen LogP contribution in [0.1, 0.15) is 29.8 Å². The van der Waals surface area contributed by atoms with Gasteiger partial charge in [-0.15, -0.1) is 12.4 Å². The zero-order valence-electron chi connectivity index (χ0n) is 22.8. The number of benzene rings is 3. The molecule has 0 atom stereocenters. The molecule has 0 saturated carbocycles. The lowest BCUT2D eigenvalue weighted by Crippen LogP contribution is -2.39. The van der Waals surface area contributed by atoms with E-state index in [-0.39, 0.29) is 30.0 Å². The maximum atomic E-state index is 13.9. The van der Waals surface area contributed by atoms with E-state index in [1.54, 1.807) is 17.0 Å². The molecule has 0 spiro atoms. The van der Waals surface area contributed by atoms with Crippen LogP contribution in [0.3, 0.4) is 0 Å². The fourth-order valence-corrected chi connectivity index (χ4v) is 7.60. The number of hydrogen-bond donors (Lipinski definition) is 0. The number of aromatic nitrogens is 1. The standard InChI is InChI=1S/C29H30N4O5S2.ClH/c1-3-31(4-2)15-16-32(29-30-23-17-25-26(38-19-37-25)18-27(23)39-29)28(34)21-9-11-22(12-10-21)40(35,36)33-14-13-20-7-5-6-8-24(20)33;/h5-12,17-18H,3-4,13-16,19H2,1-2H3;1H. The number of hydrogen-bond acceptors (Lipinski definition) is 8. The van der Waals surface area contributed by atoms with Gasteiger partial charge in [0.2, 0.25) is 6.79 Å². The highest BCUT2D eigenvalue weighted by Gasteiger charge is 2.31. The zero-order chi connectivity index (χ0) is 27.9. The molecule has 2 aliphatic heterocycles. The molecule has 0 radical (unpaired) electrons. The summed E-state index contributed by atoms with van der Waals surface area (Å²) in [6.07, 6.45) is 0.677. The fraction of sp³-hybridized carbons (Fsp3) is 0.310. The summed E-state index contributed by atoms with van der Waals surface area (Å²) < 4.78 is 40.3. The number of para-hydroxylation sites is 1. The minimum Gasteiger partial charge on any atom is -0.454 e. The number of likely N-dealkylation sites (N-methyl/N-ethyl adjacent to an activating group) is 1. The van der Waals surface area contributed by atoms with Gasteiger partial charge in [0.15, 0.2) is 16.6 Å². The van der Waals surface area contributed by atoms with Gasteiger partial charge in [-0.1, -0.05) is 43.4 Å². The predicted molar refractivity (Wildman–Crippen MR) is 164 cm³/mol. The third kappa shape index (κ3) is 5.46. The number of rotatable bonds is 9. The van der Waals surface area contributed by atoms with Crippen LogP contribution in [0.2, 0.25) is 0 Å². The van der Waals surface area contributed by atoms with Gasteiger partial charge in [-0.3, -0.25) is 14.0 Å². The van der Waals surface area contributed by atoms with Crippen LogP contribution in [-0.4, -0.2) is 63.7 Å². The molecule has 0 aliphatic carbocycles. The summed E-state index contributed by atoms with van der Waals surface area (Å²) in [6, 6.07) is 17.5. The Hall–Kier alpha value is -3.38. The molecule has 2 aliphatic rings. The smallest absolute Gasteiger partial charge is 0.264 e. The van der Waals surface area contributed by atoms with Crippen molar-refractivity contribution in [1.29, 1.82) is 0 Å². The van der Waals surface area contributed by atoms with Crippen molar-refractivity contribution in [1.82, 2.24) is 9.88 Å². The lowest BCUT2D eigenvalue weighted by Gasteiger charge is -2.25. The van der Waals surface area contributed by atoms with Gasteiger partial charge in [-0.25, -0.2) is 13.4 Å². The first-order valence-corrected chi connectivity index (χ1v) is 15.6. The lowest BCUT2D eigenvalue weighted by molar-refractivity contribution is 0.0983. The molecule has 3 heterocycles. The Kier molecular flexibility index (Phi) is 8.42. The monoisotopic (exact) mass is 614 g/mol. The minimum atomic E-state index is -3.75. The second-order valence-electron chi connectivity index (χ2n) is 9.63. The molecule has 9 nitrogen and oxygen atoms in total. The van der Waals surface area contributed by atoms with Crippen molar-refractivity contribution in [2.24, 2.45) is 0 Å². The Morgan fingerprint density at radius 2 is 1.71 bits per heavy atom. The van der Waals surface area contributed by atoms with Gasteiger partial charge in [0, 0.05) is 37.3 Å². The predicted octanol–water partition coefficient (Wildman–Crippen LogP) is 5.19. The van der Waals surface area contributed by atoms with Crippen LogP contribution in [-0.2, 0) is 16.4 Å². The van der Waals surface area contributed by atoms with Crippen molar-refractivity contribution in [2.45, 2.75) is 25.2 Å². The maximum Gasteiger partial charge on any atom is 0.264 e. The van der Waals surface area contributed by atoms with Gasteiger partial charge >= 0.3 is 0 Å². The van der Waals surface area contributed by atoms with Crippen LogP contribution in [0, 0.1) is 0 Å². The molecule has 0 saturated heterocycles. The summed E-state index contributed by atoms with van der Waals surface area (Å²) in [5, 5.41) is 0.571. The average Bonchev–Trinajstić information content (AvgIpc) is 3.71. The Balaban J connectivity index is 0.00000337. The third-order valence-corrected chi connectivity index (χ3v) is 10.3. The van der Waals surface area contributed by atoms with Crippen LogP contribution in [0.25, 0.3) is 10.2 Å². The Labute approximate surface area is 249 Å². The molecule has 41 heavy (non-hydrogen) atoms. The molecule has 6 rings (SSSR count). The second kappa shape index (κ2) is 11.8. The maximum absolute atomic E-state index is 13.9. The molecule has 0 fully saturated rings. The molecule has 1 amide bonds. The highest BCUT2D eigenvalue weighted by Crippen LogP contribution is 2.40. The van der Waals surface area contributed by atoms with Crippen LogP contribution in [0.5, 0.6) is 11.5 Å². The van der Waals surface area contributed by atoms with Gasteiger partial charge in [0.1, 0.15) is 0 Å². The number of carbonyl (C=O) groups excluding carboxylic acids is 1. The lowest BCUT2D eigenvalue weighted by atomic mass is 10.2. The number of amides is 1. The number of anilines is 2. The number of thiazole rings is 1. The molecular formula is C29H31ClN4O5S2. The van der Waals surface area contributed by atoms with E-state index in [0.717, 1.165) is 28.9 Å². The van der Waals surface area contributed by atoms with Gasteiger partial charge in [0.05, 0.1) is 20.8 Å². The van der Waals surface area contributed by atoms with E-state index in [4.69, 9.17) is 14.5 Å². The molecule has 12 heteroatoms. The van der Waals surface area contributed by atoms with E-state index >= 15 is 0 Å². The van der Waals surface area contributed by atoms with E-state index < -0.39 is 10.0 Å². The minimum absolute atomic E-state index is 0. The normalized spacial score (nSPS) is 13.9. The Morgan fingerprint density at radius 1 is 1.00 bits per heavy atom. The Bertz CT molecular complexity index is 1630. The first-order chi connectivity index (χ1) is 19.4. The van der Waals surface area contributed by atoms with Crippen molar-refractivity contribution >= 4 is 60.7 Å². The summed E-state index contributed by atoms with van der Waals surface area (Å²) >= 11 is 1.42. The van der Waals surface area contributed by atoms with Crippen LogP contribution in [0.4, 0.5) is 10.8 Å². The van der Waals surface area contributed by atoms with Crippen LogP contribution < -0.4 is 18.7 Å². The molecule has 3 aromatic carbocycles. The van der Waals surface area contributed by atoms with Crippen molar-refractivity contribution in [3.05, 3.63) is 71.8 Å². The largest absolute Gasteiger partial charge is 0.454 e. The molecule has 216 valence electrons. The quantitative estimate of drug-likeness (QED) is 0.256. The van der Waals surface area contributed by atoms with Gasteiger partial charge in [-0.2, -0.15) is 0 Å². The van der Waals surface area contributed by atoms with Crippen molar-refractivity contribution < 1.29 is 22.7 Å². The van der Waals surface area contributed by atoms with Crippen LogP contribution >= 0.6 is 23.7 Å². The van der Waals surface area contributed by atoms with Crippen molar-refractivity contribution in [2.75, 3.05) is 48.7 Å². The highest BCUT2D eigenvalue weighted by atomic mass is 35.5. The first-order valence-electron chi connectivity index (χ1n) is 13.3. The number of fused-ring (bicyclic) bond motifs is 3. The van der Waals surface area contributed by atoms with Gasteiger partial charge in [-0.05, 0) is 55.4 Å². The van der Waals surface area contributed by atoms with E-state index in [1.165, 1.54) is 27.8 Å². The topological polar surface area (TPSA) is 92.3 Å². The first kappa shape index (κ1) is 29.1.